The topological polar surface area (TPSA) is 86.8 Å². The lowest BCUT2D eigenvalue weighted by Crippen LogP contribution is -2.47. The molecule has 1 aliphatic heterocycles. The second-order valence-corrected chi connectivity index (χ2v) is 7.93. The van der Waals surface area contributed by atoms with Crippen LogP contribution in [0.3, 0.4) is 0 Å². The van der Waals surface area contributed by atoms with E-state index in [1.807, 2.05) is 0 Å². The molecule has 1 aromatic carbocycles. The molecule has 190 valence electrons. The first-order chi connectivity index (χ1) is 16.3. The van der Waals surface area contributed by atoms with Crippen LogP contribution in [0, 0.1) is 11.7 Å². The fourth-order valence-corrected chi connectivity index (χ4v) is 3.94. The van der Waals surface area contributed by atoms with Gasteiger partial charge in [-0.3, -0.25) is 4.79 Å². The van der Waals surface area contributed by atoms with Crippen molar-refractivity contribution in [2.45, 2.75) is 44.3 Å². The van der Waals surface area contributed by atoms with Gasteiger partial charge in [-0.15, -0.1) is 0 Å². The van der Waals surface area contributed by atoms with Crippen LogP contribution in [0.4, 0.5) is 32.0 Å². The van der Waals surface area contributed by atoms with Gasteiger partial charge in [0.1, 0.15) is 23.4 Å². The van der Waals surface area contributed by atoms with Crippen LogP contribution in [0.15, 0.2) is 36.5 Å². The highest BCUT2D eigenvalue weighted by molar-refractivity contribution is 5.96. The van der Waals surface area contributed by atoms with Crippen LogP contribution < -0.4 is 10.1 Å². The maximum atomic E-state index is 14.0. The number of carbonyl (C=O) groups is 2. The van der Waals surface area contributed by atoms with Crippen molar-refractivity contribution < 1.29 is 50.1 Å². The third-order valence-corrected chi connectivity index (χ3v) is 5.90. The van der Waals surface area contributed by atoms with E-state index in [1.54, 1.807) is 0 Å². The van der Waals surface area contributed by atoms with Crippen LogP contribution in [0.5, 0.6) is 5.75 Å². The molecule has 1 unspecified atom stereocenters. The summed E-state index contributed by atoms with van der Waals surface area (Å²) in [6.45, 7) is -1.53. The predicted octanol–water partition coefficient (Wildman–Crippen LogP) is 4.69. The number of alkyl halides is 5. The first-order valence-corrected chi connectivity index (χ1v) is 10.1. The van der Waals surface area contributed by atoms with E-state index in [4.69, 9.17) is 4.74 Å². The Labute approximate surface area is 195 Å². The molecule has 0 aliphatic carbocycles. The number of rotatable bonds is 6. The fraction of sp³-hybridized carbons (Fsp3) is 0.409. The number of pyridine rings is 1. The van der Waals surface area contributed by atoms with E-state index in [9.17, 15) is 35.9 Å². The molecule has 4 atom stereocenters. The van der Waals surface area contributed by atoms with Gasteiger partial charge in [-0.1, -0.05) is 13.0 Å². The van der Waals surface area contributed by atoms with Gasteiger partial charge >= 0.3 is 18.8 Å². The molecule has 1 N–H and O–H groups in total. The molecule has 2 heterocycles. The number of halogens is 6. The first-order valence-electron chi connectivity index (χ1n) is 10.1. The molecule has 35 heavy (non-hydrogen) atoms. The molecule has 0 bridgehead atoms. The molecule has 0 radical (unpaired) electrons. The molecule has 0 saturated carbocycles. The van der Waals surface area contributed by atoms with Crippen molar-refractivity contribution in [2.75, 3.05) is 12.4 Å². The second-order valence-electron chi connectivity index (χ2n) is 7.93. The first kappa shape index (κ1) is 26.3. The number of nitrogens with one attached hydrogen (secondary N) is 1. The third kappa shape index (κ3) is 5.19. The quantitative estimate of drug-likeness (QED) is 0.452. The summed E-state index contributed by atoms with van der Waals surface area (Å²) in [5.41, 5.74) is -3.32. The number of esters is 1. The molecule has 3 rings (SSSR count). The van der Waals surface area contributed by atoms with Gasteiger partial charge in [0.2, 0.25) is 0 Å². The Morgan fingerprint density at radius 2 is 1.89 bits per heavy atom. The summed E-state index contributed by atoms with van der Waals surface area (Å²) >= 11 is 0. The van der Waals surface area contributed by atoms with E-state index in [0.717, 1.165) is 45.4 Å². The molecule has 1 fully saturated rings. The van der Waals surface area contributed by atoms with Crippen LogP contribution in [0.1, 0.15) is 35.8 Å². The second kappa shape index (κ2) is 9.72. The van der Waals surface area contributed by atoms with Gasteiger partial charge in [0.05, 0.1) is 7.11 Å². The number of hydrogen-bond donors (Lipinski definition) is 1. The zero-order chi connectivity index (χ0) is 26.1. The summed E-state index contributed by atoms with van der Waals surface area (Å²) < 4.78 is 95.7. The molecular weight excluding hydrogens is 486 g/mol. The molecule has 1 aromatic heterocycles. The maximum absolute atomic E-state index is 14.0. The van der Waals surface area contributed by atoms with E-state index in [0.29, 0.717) is 6.07 Å². The molecule has 0 spiro atoms. The van der Waals surface area contributed by atoms with E-state index in [1.165, 1.54) is 6.07 Å². The largest absolute Gasteiger partial charge is 0.464 e. The molecular formula is C22H20F6N2O5. The standard InChI is InChI=1S/C22H20F6N2O5/c1-10-16(13-5-4-11(23)8-15(13)34-20(24)25)17(35-21(10,2)22(26,27)28)18(31)30-12-6-7-29-14(9-12)19(32)33-3/h4-10,16-17,20H,1-3H3,(H,29,30,31)/t10-,16-,17?,21+/m1/s1. The molecule has 1 saturated heterocycles. The summed E-state index contributed by atoms with van der Waals surface area (Å²) in [4.78, 5) is 28.6. The molecule has 7 nitrogen and oxygen atoms in total. The number of ether oxygens (including phenoxy) is 3. The molecule has 2 aromatic rings. The van der Waals surface area contributed by atoms with Crippen LogP contribution in [0.2, 0.25) is 0 Å². The van der Waals surface area contributed by atoms with Crippen molar-refractivity contribution in [3.05, 3.63) is 53.6 Å². The van der Waals surface area contributed by atoms with Crippen molar-refractivity contribution in [3.63, 3.8) is 0 Å². The lowest BCUT2D eigenvalue weighted by Gasteiger charge is -2.32. The fourth-order valence-electron chi connectivity index (χ4n) is 3.94. The summed E-state index contributed by atoms with van der Waals surface area (Å²) in [7, 11) is 1.10. The summed E-state index contributed by atoms with van der Waals surface area (Å²) in [6, 6.07) is 4.82. The van der Waals surface area contributed by atoms with Gasteiger partial charge in [0, 0.05) is 35.3 Å². The van der Waals surface area contributed by atoms with E-state index in [2.05, 4.69) is 19.8 Å². The average molecular weight is 506 g/mol. The molecule has 1 aliphatic rings. The van der Waals surface area contributed by atoms with E-state index < -0.39 is 59.8 Å². The number of amides is 1. The zero-order valence-corrected chi connectivity index (χ0v) is 18.5. The summed E-state index contributed by atoms with van der Waals surface area (Å²) in [5.74, 6) is -6.52. The van der Waals surface area contributed by atoms with Crippen LogP contribution in [0.25, 0.3) is 0 Å². The van der Waals surface area contributed by atoms with Gasteiger partial charge in [0.25, 0.3) is 5.91 Å². The van der Waals surface area contributed by atoms with Crippen molar-refractivity contribution in [1.82, 2.24) is 4.98 Å². The number of nitrogens with zero attached hydrogens (tertiary/aromatic N) is 1. The van der Waals surface area contributed by atoms with Crippen LogP contribution in [-0.2, 0) is 14.3 Å². The van der Waals surface area contributed by atoms with Gasteiger partial charge in [-0.2, -0.15) is 22.0 Å². The highest BCUT2D eigenvalue weighted by atomic mass is 19.4. The minimum Gasteiger partial charge on any atom is -0.464 e. The van der Waals surface area contributed by atoms with E-state index in [-0.39, 0.29) is 16.9 Å². The van der Waals surface area contributed by atoms with Gasteiger partial charge in [-0.25, -0.2) is 14.2 Å². The van der Waals surface area contributed by atoms with Crippen molar-refractivity contribution in [3.8, 4) is 5.75 Å². The van der Waals surface area contributed by atoms with Crippen LogP contribution in [-0.4, -0.2) is 48.5 Å². The number of carbonyl (C=O) groups excluding carboxylic acids is 2. The van der Waals surface area contributed by atoms with Gasteiger partial charge < -0.3 is 19.5 Å². The van der Waals surface area contributed by atoms with Crippen molar-refractivity contribution in [2.24, 2.45) is 5.92 Å². The SMILES string of the molecule is COC(=O)c1cc(NC(=O)C2O[C@](C)(C(F)(F)F)[C@H](C)[C@@H]2c2ccc(F)cc2OC(F)F)ccn1. The Morgan fingerprint density at radius 1 is 1.20 bits per heavy atom. The Hall–Kier alpha value is -3.35. The number of methoxy groups -OCH3 is 1. The highest BCUT2D eigenvalue weighted by Gasteiger charge is 2.65. The lowest BCUT2D eigenvalue weighted by molar-refractivity contribution is -0.272. The lowest BCUT2D eigenvalue weighted by atomic mass is 9.77. The van der Waals surface area contributed by atoms with Crippen molar-refractivity contribution in [1.29, 1.82) is 0 Å². The minimum atomic E-state index is -4.95. The predicted molar refractivity (Wildman–Crippen MR) is 108 cm³/mol. The monoisotopic (exact) mass is 506 g/mol. The van der Waals surface area contributed by atoms with Gasteiger partial charge in [-0.05, 0) is 25.1 Å². The Balaban J connectivity index is 2.04. The van der Waals surface area contributed by atoms with E-state index >= 15 is 0 Å². The molecule has 1 amide bonds. The number of benzene rings is 1. The average Bonchev–Trinajstić information content (AvgIpc) is 3.05. The Morgan fingerprint density at radius 3 is 2.49 bits per heavy atom. The Kier molecular flexibility index (Phi) is 7.29. The van der Waals surface area contributed by atoms with Crippen LogP contribution >= 0.6 is 0 Å². The smallest absolute Gasteiger partial charge is 0.417 e. The third-order valence-electron chi connectivity index (χ3n) is 5.90. The zero-order valence-electron chi connectivity index (χ0n) is 18.5. The highest BCUT2D eigenvalue weighted by Crippen LogP contribution is 2.54. The molecule has 13 heteroatoms. The number of hydrogen-bond acceptors (Lipinski definition) is 6. The maximum Gasteiger partial charge on any atom is 0.417 e. The summed E-state index contributed by atoms with van der Waals surface area (Å²) in [6.07, 6.45) is -5.64. The minimum absolute atomic E-state index is 0.0100. The number of aromatic nitrogens is 1. The van der Waals surface area contributed by atoms with Crippen molar-refractivity contribution >= 4 is 17.6 Å². The normalized spacial score (nSPS) is 24.3. The Bertz CT molecular complexity index is 1110. The van der Waals surface area contributed by atoms with Gasteiger partial charge in [0.15, 0.2) is 5.60 Å². The number of anilines is 1. The summed E-state index contributed by atoms with van der Waals surface area (Å²) in [5, 5.41) is 2.34.